The Morgan fingerprint density at radius 3 is 2.83 bits per heavy atom. The van der Waals surface area contributed by atoms with Crippen LogP contribution in [0.15, 0.2) is 12.7 Å². The third-order valence-electron chi connectivity index (χ3n) is 3.53. The molecule has 3 heterocycles. The number of imidazole rings is 1. The molecule has 0 amide bonds. The van der Waals surface area contributed by atoms with Crippen LogP contribution in [0.1, 0.15) is 6.23 Å². The fourth-order valence-electron chi connectivity index (χ4n) is 2.35. The van der Waals surface area contributed by atoms with Crippen molar-refractivity contribution >= 4 is 34.3 Å². The minimum atomic E-state index is -4.26. The first-order chi connectivity index (χ1) is 11.3. The number of ether oxygens (including phenoxy) is 1. The maximum Gasteiger partial charge on any atom is 0.474 e. The van der Waals surface area contributed by atoms with E-state index in [1.807, 2.05) is 0 Å². The van der Waals surface area contributed by atoms with E-state index >= 15 is 0 Å². The number of phosphoric ester groups is 1. The van der Waals surface area contributed by atoms with Crippen LogP contribution in [0, 0.1) is 0 Å². The lowest BCUT2D eigenvalue weighted by atomic mass is 10.1. The van der Waals surface area contributed by atoms with Gasteiger partial charge in [-0.2, -0.15) is 0 Å². The van der Waals surface area contributed by atoms with Gasteiger partial charge in [-0.1, -0.05) is 0 Å². The van der Waals surface area contributed by atoms with Crippen LogP contribution in [0.2, 0.25) is 0 Å². The van der Waals surface area contributed by atoms with Crippen molar-refractivity contribution in [1.29, 1.82) is 0 Å². The Labute approximate surface area is 137 Å². The molecule has 1 aliphatic rings. The van der Waals surface area contributed by atoms with Crippen molar-refractivity contribution in [3.63, 3.8) is 0 Å². The molecule has 0 aliphatic carbocycles. The van der Waals surface area contributed by atoms with Gasteiger partial charge < -0.3 is 25.6 Å². The Hall–Kier alpha value is -1.23. The van der Waals surface area contributed by atoms with E-state index in [0.717, 1.165) is 0 Å². The van der Waals surface area contributed by atoms with E-state index in [1.54, 1.807) is 9.47 Å². The van der Waals surface area contributed by atoms with Crippen molar-refractivity contribution in [2.45, 2.75) is 24.5 Å². The van der Waals surface area contributed by atoms with Crippen LogP contribution in [0.5, 0.6) is 0 Å². The van der Waals surface area contributed by atoms with Gasteiger partial charge in [-0.05, 0) is 0 Å². The predicted molar refractivity (Wildman–Crippen MR) is 82.2 cm³/mol. The minimum Gasteiger partial charge on any atom is -0.387 e. The van der Waals surface area contributed by atoms with Crippen LogP contribution in [-0.2, 0) is 18.1 Å². The van der Waals surface area contributed by atoms with E-state index in [1.165, 1.54) is 17.2 Å². The Morgan fingerprint density at radius 1 is 1.38 bits per heavy atom. The summed E-state index contributed by atoms with van der Waals surface area (Å²) in [5.74, 6) is 0.158. The lowest BCUT2D eigenvalue weighted by Crippen LogP contribution is -2.33. The zero-order valence-electron chi connectivity index (χ0n) is 12.0. The molecule has 6 unspecified atom stereocenters. The first-order valence-corrected chi connectivity index (χ1v) is 8.61. The second-order valence-electron chi connectivity index (χ2n) is 5.00. The maximum absolute atomic E-state index is 11.3. The molecule has 132 valence electrons. The molecule has 0 radical (unpaired) electrons. The molecule has 2 aromatic rings. The first kappa shape index (κ1) is 17.6. The lowest BCUT2D eigenvalue weighted by Gasteiger charge is -2.16. The molecule has 2 aromatic heterocycles. The molecule has 1 saturated heterocycles. The second kappa shape index (κ2) is 6.58. The number of fused-ring (bicyclic) bond motifs is 1. The third-order valence-corrected chi connectivity index (χ3v) is 5.07. The Morgan fingerprint density at radius 2 is 2.12 bits per heavy atom. The van der Waals surface area contributed by atoms with Gasteiger partial charge in [0.2, 0.25) is 0 Å². The summed E-state index contributed by atoms with van der Waals surface area (Å²) in [6.07, 6.45) is -2.25. The standard InChI is InChI=1S/C10H15N5O7P2/c11-8-5-9(13-2-12-8)15(3-14-5)10-7(17)6(16)4(21-10)1-20-24(18,19)22-23/h2-4,6-7,10,16-17H,1,23H2,(H,18,19)(H2,11,12,13). The van der Waals surface area contributed by atoms with Crippen molar-refractivity contribution in [3.8, 4) is 0 Å². The zero-order chi connectivity index (χ0) is 17.5. The van der Waals surface area contributed by atoms with Crippen molar-refractivity contribution in [2.75, 3.05) is 12.3 Å². The summed E-state index contributed by atoms with van der Waals surface area (Å²) in [5, 5.41) is 20.3. The van der Waals surface area contributed by atoms with E-state index in [9.17, 15) is 19.7 Å². The van der Waals surface area contributed by atoms with Gasteiger partial charge in [-0.25, -0.2) is 19.5 Å². The maximum atomic E-state index is 11.3. The van der Waals surface area contributed by atoms with E-state index in [4.69, 9.17) is 10.5 Å². The number of nitrogens with two attached hydrogens (primary N) is 1. The van der Waals surface area contributed by atoms with E-state index in [2.05, 4.69) is 23.8 Å². The van der Waals surface area contributed by atoms with Crippen LogP contribution in [0.4, 0.5) is 5.82 Å². The summed E-state index contributed by atoms with van der Waals surface area (Å²) in [7, 11) is -2.66. The van der Waals surface area contributed by atoms with Crippen LogP contribution >= 0.6 is 17.3 Å². The molecule has 3 rings (SSSR count). The molecule has 0 saturated carbocycles. The lowest BCUT2D eigenvalue weighted by molar-refractivity contribution is -0.0499. The number of aliphatic hydroxyl groups excluding tert-OH is 2. The molecular formula is C10H15N5O7P2. The van der Waals surface area contributed by atoms with Crippen LogP contribution in [-0.4, -0.2) is 59.5 Å². The molecule has 0 bridgehead atoms. The highest BCUT2D eigenvalue weighted by Gasteiger charge is 2.45. The summed E-state index contributed by atoms with van der Waals surface area (Å²) in [6, 6.07) is 0. The van der Waals surface area contributed by atoms with Crippen molar-refractivity contribution in [1.82, 2.24) is 19.5 Å². The number of aliphatic hydroxyl groups is 2. The highest BCUT2D eigenvalue weighted by molar-refractivity contribution is 7.52. The second-order valence-corrected chi connectivity index (χ2v) is 7.04. The Bertz CT molecular complexity index is 788. The number of hydrogen-bond donors (Lipinski definition) is 4. The highest BCUT2D eigenvalue weighted by atomic mass is 31.2. The SMILES string of the molecule is Nc1ncnc2c1ncn2C1OC(COP(=O)(O)OP)C(O)C1O. The van der Waals surface area contributed by atoms with Gasteiger partial charge in [0.15, 0.2) is 17.7 Å². The first-order valence-electron chi connectivity index (χ1n) is 6.64. The molecule has 5 N–H and O–H groups in total. The molecular weight excluding hydrogens is 364 g/mol. The van der Waals surface area contributed by atoms with E-state index in [-0.39, 0.29) is 5.82 Å². The Balaban J connectivity index is 1.82. The van der Waals surface area contributed by atoms with Gasteiger partial charge in [-0.15, -0.1) is 0 Å². The molecule has 0 aromatic carbocycles. The molecule has 12 nitrogen and oxygen atoms in total. The average Bonchev–Trinajstić information content (AvgIpc) is 3.10. The van der Waals surface area contributed by atoms with Gasteiger partial charge in [-0.3, -0.25) is 13.4 Å². The summed E-state index contributed by atoms with van der Waals surface area (Å²) < 4.78 is 27.0. The molecule has 24 heavy (non-hydrogen) atoms. The fraction of sp³-hybridized carbons (Fsp3) is 0.500. The monoisotopic (exact) mass is 379 g/mol. The zero-order valence-corrected chi connectivity index (χ0v) is 14.1. The number of nitrogens with zero attached hydrogens (tertiary/aromatic N) is 4. The summed E-state index contributed by atoms with van der Waals surface area (Å²) >= 11 is 0. The number of anilines is 1. The van der Waals surface area contributed by atoms with Crippen molar-refractivity contribution in [3.05, 3.63) is 12.7 Å². The van der Waals surface area contributed by atoms with E-state index in [0.29, 0.717) is 11.2 Å². The molecule has 0 spiro atoms. The van der Waals surface area contributed by atoms with Crippen molar-refractivity contribution < 1.29 is 33.2 Å². The highest BCUT2D eigenvalue weighted by Crippen LogP contribution is 2.46. The summed E-state index contributed by atoms with van der Waals surface area (Å²) in [4.78, 5) is 21.1. The van der Waals surface area contributed by atoms with Crippen LogP contribution in [0.3, 0.4) is 0 Å². The van der Waals surface area contributed by atoms with Crippen molar-refractivity contribution in [2.24, 2.45) is 0 Å². The summed E-state index contributed by atoms with van der Waals surface area (Å²) in [5.41, 5.74) is 6.32. The molecule has 1 aliphatic heterocycles. The van der Waals surface area contributed by atoms with Crippen LogP contribution < -0.4 is 5.73 Å². The number of phosphoric acid groups is 1. The van der Waals surface area contributed by atoms with E-state index < -0.39 is 39.0 Å². The van der Waals surface area contributed by atoms with Crippen LogP contribution in [0.25, 0.3) is 11.2 Å². The fourth-order valence-corrected chi connectivity index (χ4v) is 2.93. The molecule has 14 heteroatoms. The number of hydrogen-bond acceptors (Lipinski definition) is 10. The number of aromatic nitrogens is 4. The quantitative estimate of drug-likeness (QED) is 0.466. The third kappa shape index (κ3) is 3.15. The summed E-state index contributed by atoms with van der Waals surface area (Å²) in [6.45, 7) is -0.472. The minimum absolute atomic E-state index is 0.158. The van der Waals surface area contributed by atoms with Gasteiger partial charge >= 0.3 is 7.82 Å². The Kier molecular flexibility index (Phi) is 4.82. The number of rotatable bonds is 5. The number of nitrogen functional groups attached to an aromatic ring is 1. The van der Waals surface area contributed by atoms with Gasteiger partial charge in [0, 0.05) is 9.47 Å². The smallest absolute Gasteiger partial charge is 0.387 e. The predicted octanol–water partition coefficient (Wildman–Crippen LogP) is -1.05. The topological polar surface area (TPSA) is 175 Å². The molecule has 1 fully saturated rings. The van der Waals surface area contributed by atoms with Gasteiger partial charge in [0.05, 0.1) is 12.9 Å². The van der Waals surface area contributed by atoms with Gasteiger partial charge in [0.1, 0.15) is 30.2 Å². The average molecular weight is 379 g/mol. The van der Waals surface area contributed by atoms with Gasteiger partial charge in [0.25, 0.3) is 0 Å². The normalized spacial score (nSPS) is 29.8. The largest absolute Gasteiger partial charge is 0.474 e. The molecule has 6 atom stereocenters.